The van der Waals surface area contributed by atoms with Gasteiger partial charge in [-0.1, -0.05) is 26.2 Å². The Kier molecular flexibility index (Phi) is 7.49. The number of ether oxygens (including phenoxy) is 1. The predicted molar refractivity (Wildman–Crippen MR) is 101 cm³/mol. The monoisotopic (exact) mass is 356 g/mol. The average molecular weight is 356 g/mol. The van der Waals surface area contributed by atoms with Crippen LogP contribution in [-0.2, 0) is 0 Å². The zero-order valence-electron chi connectivity index (χ0n) is 14.8. The fourth-order valence-corrected chi connectivity index (χ4v) is 2.29. The number of hydrogen-bond donors (Lipinski definition) is 3. The van der Waals surface area contributed by atoms with Crippen molar-refractivity contribution in [1.29, 1.82) is 0 Å². The molecule has 138 valence electrons. The molecular formula is C20H24N2O4. The summed E-state index contributed by atoms with van der Waals surface area (Å²) in [6, 6.07) is 11.0. The fraction of sp³-hybridized carbons (Fsp3) is 0.300. The number of phenolic OH excluding ortho intramolecular Hbond substituents is 2. The van der Waals surface area contributed by atoms with Crippen LogP contribution in [0.4, 0.5) is 0 Å². The minimum atomic E-state index is -0.367. The van der Waals surface area contributed by atoms with Crippen LogP contribution in [0.5, 0.6) is 17.2 Å². The van der Waals surface area contributed by atoms with E-state index in [1.54, 1.807) is 24.3 Å². The zero-order chi connectivity index (χ0) is 18.8. The molecule has 6 nitrogen and oxygen atoms in total. The number of aromatic hydroxyl groups is 2. The molecule has 2 rings (SSSR count). The van der Waals surface area contributed by atoms with Gasteiger partial charge in [0.15, 0.2) is 0 Å². The van der Waals surface area contributed by atoms with E-state index in [0.717, 1.165) is 18.6 Å². The molecule has 2 aromatic carbocycles. The first-order valence-corrected chi connectivity index (χ1v) is 8.68. The van der Waals surface area contributed by atoms with Crippen LogP contribution in [0, 0.1) is 0 Å². The van der Waals surface area contributed by atoms with Crippen molar-refractivity contribution in [2.75, 3.05) is 6.61 Å². The number of unbranched alkanes of at least 4 members (excludes halogenated alkanes) is 3. The molecule has 0 saturated heterocycles. The number of amides is 1. The van der Waals surface area contributed by atoms with E-state index in [1.165, 1.54) is 37.3 Å². The van der Waals surface area contributed by atoms with Crippen molar-refractivity contribution >= 4 is 12.1 Å². The van der Waals surface area contributed by atoms with Crippen LogP contribution in [0.15, 0.2) is 47.6 Å². The molecule has 6 heteroatoms. The third-order valence-electron chi connectivity index (χ3n) is 3.77. The first-order valence-electron chi connectivity index (χ1n) is 8.68. The maximum absolute atomic E-state index is 12.0. The van der Waals surface area contributed by atoms with Gasteiger partial charge >= 0.3 is 0 Å². The summed E-state index contributed by atoms with van der Waals surface area (Å²) in [6.45, 7) is 2.84. The van der Waals surface area contributed by atoms with E-state index in [2.05, 4.69) is 17.5 Å². The quantitative estimate of drug-likeness (QED) is 0.362. The second-order valence-corrected chi connectivity index (χ2v) is 5.88. The summed E-state index contributed by atoms with van der Waals surface area (Å²) in [5.41, 5.74) is 3.23. The van der Waals surface area contributed by atoms with Gasteiger partial charge in [0.2, 0.25) is 0 Å². The summed E-state index contributed by atoms with van der Waals surface area (Å²) in [5.74, 6) is 0.198. The van der Waals surface area contributed by atoms with E-state index in [0.29, 0.717) is 17.7 Å². The van der Waals surface area contributed by atoms with E-state index < -0.39 is 0 Å². The molecule has 1 amide bonds. The van der Waals surface area contributed by atoms with Crippen LogP contribution in [0.1, 0.15) is 48.5 Å². The van der Waals surface area contributed by atoms with E-state index in [-0.39, 0.29) is 17.4 Å². The summed E-state index contributed by atoms with van der Waals surface area (Å²) in [7, 11) is 0. The molecule has 0 fully saturated rings. The molecule has 0 aliphatic rings. The van der Waals surface area contributed by atoms with Gasteiger partial charge in [-0.2, -0.15) is 5.10 Å². The van der Waals surface area contributed by atoms with Gasteiger partial charge in [-0.25, -0.2) is 5.43 Å². The number of rotatable bonds is 9. The molecule has 0 bridgehead atoms. The van der Waals surface area contributed by atoms with Crippen LogP contribution in [0.2, 0.25) is 0 Å². The lowest BCUT2D eigenvalue weighted by molar-refractivity contribution is 0.0955. The van der Waals surface area contributed by atoms with Gasteiger partial charge < -0.3 is 14.9 Å². The van der Waals surface area contributed by atoms with E-state index in [9.17, 15) is 15.0 Å². The maximum Gasteiger partial charge on any atom is 0.271 e. The highest BCUT2D eigenvalue weighted by Crippen LogP contribution is 2.20. The van der Waals surface area contributed by atoms with Crippen LogP contribution in [0.25, 0.3) is 0 Å². The second-order valence-electron chi connectivity index (χ2n) is 5.88. The van der Waals surface area contributed by atoms with Crippen molar-refractivity contribution in [3.8, 4) is 17.2 Å². The molecular weight excluding hydrogens is 332 g/mol. The van der Waals surface area contributed by atoms with Gasteiger partial charge in [-0.05, 0) is 42.8 Å². The van der Waals surface area contributed by atoms with Crippen molar-refractivity contribution in [2.45, 2.75) is 32.6 Å². The first-order chi connectivity index (χ1) is 12.6. The van der Waals surface area contributed by atoms with Gasteiger partial charge in [-0.15, -0.1) is 0 Å². The Morgan fingerprint density at radius 2 is 1.88 bits per heavy atom. The standard InChI is InChI=1S/C20H24N2O4/c1-2-3-4-5-12-26-18-10-7-15(8-11-18)20(25)22-21-14-16-6-9-17(23)13-19(16)24/h6-11,13-14,23-24H,2-5,12H2,1H3,(H,22,25). The van der Waals surface area contributed by atoms with E-state index >= 15 is 0 Å². The molecule has 2 aromatic rings. The highest BCUT2D eigenvalue weighted by atomic mass is 16.5. The maximum atomic E-state index is 12.0. The first kappa shape index (κ1) is 19.3. The number of carbonyl (C=O) groups is 1. The average Bonchev–Trinajstić information content (AvgIpc) is 2.64. The third kappa shape index (κ3) is 6.12. The topological polar surface area (TPSA) is 91.2 Å². The molecule has 3 N–H and O–H groups in total. The summed E-state index contributed by atoms with van der Waals surface area (Å²) < 4.78 is 5.64. The van der Waals surface area contributed by atoms with Crippen LogP contribution < -0.4 is 10.2 Å². The van der Waals surface area contributed by atoms with Crippen molar-refractivity contribution in [1.82, 2.24) is 5.43 Å². The largest absolute Gasteiger partial charge is 0.508 e. The van der Waals surface area contributed by atoms with E-state index in [1.807, 2.05) is 0 Å². The number of hydrazone groups is 1. The Bertz CT molecular complexity index is 742. The van der Waals surface area contributed by atoms with Gasteiger partial charge in [0.25, 0.3) is 5.91 Å². The van der Waals surface area contributed by atoms with Crippen molar-refractivity contribution in [3.63, 3.8) is 0 Å². The number of phenols is 2. The lowest BCUT2D eigenvalue weighted by Crippen LogP contribution is -2.17. The Hall–Kier alpha value is -3.02. The molecule has 0 atom stereocenters. The SMILES string of the molecule is CCCCCCOc1ccc(C(=O)NN=Cc2ccc(O)cc2O)cc1. The Balaban J connectivity index is 1.82. The summed E-state index contributed by atoms with van der Waals surface area (Å²) in [4.78, 5) is 12.0. The summed E-state index contributed by atoms with van der Waals surface area (Å²) >= 11 is 0. The molecule has 0 unspecified atom stereocenters. The van der Waals surface area contributed by atoms with Crippen molar-refractivity contribution in [3.05, 3.63) is 53.6 Å². The van der Waals surface area contributed by atoms with E-state index in [4.69, 9.17) is 4.74 Å². The summed E-state index contributed by atoms with van der Waals surface area (Å²) in [6.07, 6.45) is 5.89. The molecule has 0 aromatic heterocycles. The minimum Gasteiger partial charge on any atom is -0.508 e. The molecule has 0 saturated carbocycles. The summed E-state index contributed by atoms with van der Waals surface area (Å²) in [5, 5.41) is 22.7. The molecule has 0 radical (unpaired) electrons. The number of carbonyl (C=O) groups excluding carboxylic acids is 1. The van der Waals surface area contributed by atoms with Gasteiger partial charge in [-0.3, -0.25) is 4.79 Å². The van der Waals surface area contributed by atoms with Crippen LogP contribution in [-0.4, -0.2) is 28.9 Å². The highest BCUT2D eigenvalue weighted by molar-refractivity contribution is 5.95. The van der Waals surface area contributed by atoms with Crippen LogP contribution >= 0.6 is 0 Å². The Labute approximate surface area is 153 Å². The van der Waals surface area contributed by atoms with Crippen molar-refractivity contribution < 1.29 is 19.7 Å². The molecule has 0 heterocycles. The minimum absolute atomic E-state index is 0.0450. The molecule has 0 aliphatic carbocycles. The lowest BCUT2D eigenvalue weighted by Gasteiger charge is -2.06. The van der Waals surface area contributed by atoms with Gasteiger partial charge in [0.1, 0.15) is 17.2 Å². The highest BCUT2D eigenvalue weighted by Gasteiger charge is 2.05. The fourth-order valence-electron chi connectivity index (χ4n) is 2.29. The number of hydrogen-bond acceptors (Lipinski definition) is 5. The number of nitrogens with zero attached hydrogens (tertiary/aromatic N) is 1. The number of benzene rings is 2. The molecule has 26 heavy (non-hydrogen) atoms. The molecule has 0 spiro atoms. The normalized spacial score (nSPS) is 10.8. The second kappa shape index (κ2) is 10.1. The number of nitrogens with one attached hydrogen (secondary N) is 1. The Morgan fingerprint density at radius 3 is 2.58 bits per heavy atom. The zero-order valence-corrected chi connectivity index (χ0v) is 14.8. The Morgan fingerprint density at radius 1 is 1.12 bits per heavy atom. The van der Waals surface area contributed by atoms with Crippen molar-refractivity contribution in [2.24, 2.45) is 5.10 Å². The molecule has 0 aliphatic heterocycles. The van der Waals surface area contributed by atoms with Gasteiger partial charge in [0.05, 0.1) is 12.8 Å². The smallest absolute Gasteiger partial charge is 0.271 e. The van der Waals surface area contributed by atoms with Crippen LogP contribution in [0.3, 0.4) is 0 Å². The third-order valence-corrected chi connectivity index (χ3v) is 3.77. The lowest BCUT2D eigenvalue weighted by atomic mass is 10.2. The van der Waals surface area contributed by atoms with Gasteiger partial charge in [0, 0.05) is 17.2 Å². The predicted octanol–water partition coefficient (Wildman–Crippen LogP) is 3.82.